The minimum atomic E-state index is -2.38. The highest BCUT2D eigenvalue weighted by Crippen LogP contribution is 2.23. The van der Waals surface area contributed by atoms with E-state index in [1.165, 1.54) is 0 Å². The van der Waals surface area contributed by atoms with Crippen molar-refractivity contribution in [2.45, 2.75) is 45.3 Å². The Bertz CT molecular complexity index is 349. The second-order valence-corrected chi connectivity index (χ2v) is 5.02. The summed E-state index contributed by atoms with van der Waals surface area (Å²) >= 11 is 0. The average Bonchev–Trinajstić information content (AvgIpc) is 2.15. The van der Waals surface area contributed by atoms with Gasteiger partial charge in [0.1, 0.15) is 11.4 Å². The Morgan fingerprint density at radius 3 is 2.06 bits per heavy atom. The van der Waals surface area contributed by atoms with E-state index in [-0.39, 0.29) is 24.4 Å². The first-order chi connectivity index (χ1) is 7.78. The molecular formula is C13H20ClF2NO. The first kappa shape index (κ1) is 17.1. The minimum absolute atomic E-state index is 0. The Kier molecular flexibility index (Phi) is 6.57. The molecule has 1 aromatic carbocycles. The van der Waals surface area contributed by atoms with Crippen LogP contribution in [0.15, 0.2) is 24.3 Å². The van der Waals surface area contributed by atoms with Crippen LogP contribution in [-0.2, 0) is 0 Å². The fraction of sp³-hybridized carbons (Fsp3) is 0.538. The number of hydrogen-bond donors (Lipinski definition) is 1. The molecule has 1 atom stereocenters. The third kappa shape index (κ3) is 6.17. The average molecular weight is 280 g/mol. The molecule has 0 amide bonds. The molecule has 18 heavy (non-hydrogen) atoms. The van der Waals surface area contributed by atoms with Crippen LogP contribution in [0.2, 0.25) is 0 Å². The van der Waals surface area contributed by atoms with E-state index in [4.69, 9.17) is 10.5 Å². The summed E-state index contributed by atoms with van der Waals surface area (Å²) in [4.78, 5) is 0. The van der Waals surface area contributed by atoms with Gasteiger partial charge in [-0.05, 0) is 38.5 Å². The van der Waals surface area contributed by atoms with Crippen LogP contribution in [0.5, 0.6) is 5.75 Å². The van der Waals surface area contributed by atoms with Crippen LogP contribution in [0, 0.1) is 0 Å². The van der Waals surface area contributed by atoms with Gasteiger partial charge in [-0.1, -0.05) is 12.1 Å². The summed E-state index contributed by atoms with van der Waals surface area (Å²) in [5, 5.41) is 0. The van der Waals surface area contributed by atoms with E-state index < -0.39 is 12.5 Å². The Balaban J connectivity index is 0.00000289. The Labute approximate surface area is 113 Å². The highest BCUT2D eigenvalue weighted by Gasteiger charge is 2.14. The van der Waals surface area contributed by atoms with E-state index in [9.17, 15) is 8.78 Å². The maximum atomic E-state index is 12.2. The van der Waals surface area contributed by atoms with E-state index in [2.05, 4.69) is 0 Å². The molecule has 0 radical (unpaired) electrons. The molecule has 0 bridgehead atoms. The van der Waals surface area contributed by atoms with Crippen LogP contribution in [0.1, 0.15) is 38.8 Å². The molecule has 0 saturated carbocycles. The van der Waals surface area contributed by atoms with Gasteiger partial charge in [0, 0.05) is 12.5 Å². The van der Waals surface area contributed by atoms with Gasteiger partial charge < -0.3 is 10.5 Å². The lowest BCUT2D eigenvalue weighted by Crippen LogP contribution is -2.23. The number of benzene rings is 1. The van der Waals surface area contributed by atoms with Gasteiger partial charge >= 0.3 is 0 Å². The van der Waals surface area contributed by atoms with Crippen molar-refractivity contribution in [1.82, 2.24) is 0 Å². The lowest BCUT2D eigenvalue weighted by molar-refractivity contribution is 0.128. The second-order valence-electron chi connectivity index (χ2n) is 5.02. The van der Waals surface area contributed by atoms with Crippen molar-refractivity contribution in [2.24, 2.45) is 5.73 Å². The number of nitrogens with two attached hydrogens (primary N) is 1. The van der Waals surface area contributed by atoms with Crippen LogP contribution in [0.4, 0.5) is 8.78 Å². The van der Waals surface area contributed by atoms with E-state index in [0.717, 1.165) is 0 Å². The molecule has 0 unspecified atom stereocenters. The molecule has 0 aliphatic heterocycles. The van der Waals surface area contributed by atoms with Gasteiger partial charge in [0.2, 0.25) is 6.43 Å². The predicted molar refractivity (Wildman–Crippen MR) is 71.6 cm³/mol. The number of hydrogen-bond acceptors (Lipinski definition) is 2. The highest BCUT2D eigenvalue weighted by atomic mass is 35.5. The molecule has 2 N–H and O–H groups in total. The maximum Gasteiger partial charge on any atom is 0.240 e. The number of ether oxygens (including phenoxy) is 1. The molecule has 0 fully saturated rings. The van der Waals surface area contributed by atoms with Crippen LogP contribution < -0.4 is 10.5 Å². The summed E-state index contributed by atoms with van der Waals surface area (Å²) < 4.78 is 30.0. The molecule has 0 heterocycles. The molecule has 1 aromatic rings. The molecule has 0 aromatic heterocycles. The van der Waals surface area contributed by atoms with Gasteiger partial charge in [-0.2, -0.15) is 0 Å². The second kappa shape index (κ2) is 6.90. The van der Waals surface area contributed by atoms with Crippen LogP contribution in [0.3, 0.4) is 0 Å². The smallest absolute Gasteiger partial charge is 0.240 e. The highest BCUT2D eigenvalue weighted by molar-refractivity contribution is 5.85. The minimum Gasteiger partial charge on any atom is -0.488 e. The summed E-state index contributed by atoms with van der Waals surface area (Å²) in [6.07, 6.45) is -2.70. The van der Waals surface area contributed by atoms with Crippen molar-refractivity contribution in [2.75, 3.05) is 0 Å². The molecule has 0 aliphatic rings. The Morgan fingerprint density at radius 2 is 1.67 bits per heavy atom. The normalized spacial score (nSPS) is 13.1. The number of halogens is 3. The van der Waals surface area contributed by atoms with Crippen molar-refractivity contribution in [3.63, 3.8) is 0 Å². The van der Waals surface area contributed by atoms with E-state index in [1.807, 2.05) is 20.8 Å². The van der Waals surface area contributed by atoms with Gasteiger partial charge in [-0.3, -0.25) is 0 Å². The third-order valence-corrected chi connectivity index (χ3v) is 2.16. The van der Waals surface area contributed by atoms with Crippen molar-refractivity contribution < 1.29 is 13.5 Å². The first-order valence-electron chi connectivity index (χ1n) is 5.60. The topological polar surface area (TPSA) is 35.2 Å². The Hall–Kier alpha value is -0.870. The standard InChI is InChI=1S/C13H19F2NO.ClH/c1-13(2,3)17-10-6-4-9(5-7-10)11(16)8-12(14)15;/h4-7,11-12H,8,16H2,1-3H3;1H/t11-;/m1./s1. The van der Waals surface area contributed by atoms with Gasteiger partial charge in [0.15, 0.2) is 0 Å². The SMILES string of the molecule is CC(C)(C)Oc1ccc([C@H](N)CC(F)F)cc1.Cl. The maximum absolute atomic E-state index is 12.2. The lowest BCUT2D eigenvalue weighted by atomic mass is 10.0. The monoisotopic (exact) mass is 279 g/mol. The van der Waals surface area contributed by atoms with Crippen molar-refractivity contribution in [3.8, 4) is 5.75 Å². The molecule has 0 saturated heterocycles. The summed E-state index contributed by atoms with van der Waals surface area (Å²) in [6.45, 7) is 5.84. The molecule has 0 aliphatic carbocycles. The molecule has 5 heteroatoms. The molecule has 2 nitrogen and oxygen atoms in total. The largest absolute Gasteiger partial charge is 0.488 e. The van der Waals surface area contributed by atoms with Crippen molar-refractivity contribution in [3.05, 3.63) is 29.8 Å². The van der Waals surface area contributed by atoms with Crippen molar-refractivity contribution >= 4 is 12.4 Å². The molecule has 0 spiro atoms. The summed E-state index contributed by atoms with van der Waals surface area (Å²) in [6, 6.07) is 6.35. The van der Waals surface area contributed by atoms with Gasteiger partial charge in [-0.15, -0.1) is 12.4 Å². The Morgan fingerprint density at radius 1 is 1.17 bits per heavy atom. The van der Waals surface area contributed by atoms with Gasteiger partial charge in [0.05, 0.1) is 0 Å². The lowest BCUT2D eigenvalue weighted by Gasteiger charge is -2.21. The van der Waals surface area contributed by atoms with Crippen LogP contribution >= 0.6 is 12.4 Å². The van der Waals surface area contributed by atoms with E-state index >= 15 is 0 Å². The summed E-state index contributed by atoms with van der Waals surface area (Å²) in [5.74, 6) is 0.713. The zero-order chi connectivity index (χ0) is 13.1. The zero-order valence-electron chi connectivity index (χ0n) is 10.8. The molecule has 1 rings (SSSR count). The fourth-order valence-corrected chi connectivity index (χ4v) is 1.46. The summed E-state index contributed by atoms with van der Waals surface area (Å²) in [5.41, 5.74) is 6.08. The number of rotatable bonds is 4. The zero-order valence-corrected chi connectivity index (χ0v) is 11.6. The first-order valence-corrected chi connectivity index (χ1v) is 5.60. The van der Waals surface area contributed by atoms with Gasteiger partial charge in [0.25, 0.3) is 0 Å². The van der Waals surface area contributed by atoms with Crippen molar-refractivity contribution in [1.29, 1.82) is 0 Å². The predicted octanol–water partition coefficient (Wildman–Crippen LogP) is 3.94. The van der Waals surface area contributed by atoms with Gasteiger partial charge in [-0.25, -0.2) is 8.78 Å². The van der Waals surface area contributed by atoms with Crippen LogP contribution in [0.25, 0.3) is 0 Å². The summed E-state index contributed by atoms with van der Waals surface area (Å²) in [7, 11) is 0. The number of alkyl halides is 2. The molecule has 104 valence electrons. The van der Waals surface area contributed by atoms with E-state index in [1.54, 1.807) is 24.3 Å². The molecular weight excluding hydrogens is 260 g/mol. The van der Waals surface area contributed by atoms with E-state index in [0.29, 0.717) is 11.3 Å². The third-order valence-electron chi connectivity index (χ3n) is 2.16. The fourth-order valence-electron chi connectivity index (χ4n) is 1.46. The quantitative estimate of drug-likeness (QED) is 0.906. The van der Waals surface area contributed by atoms with Crippen LogP contribution in [-0.4, -0.2) is 12.0 Å².